The van der Waals surface area contributed by atoms with Gasteiger partial charge in [0.1, 0.15) is 23.6 Å². The van der Waals surface area contributed by atoms with E-state index in [1.807, 2.05) is 17.5 Å². The van der Waals surface area contributed by atoms with Gasteiger partial charge in [-0.25, -0.2) is 4.98 Å². The molecule has 1 aliphatic carbocycles. The van der Waals surface area contributed by atoms with E-state index < -0.39 is 5.97 Å². The number of hydrogen-bond donors (Lipinski definition) is 1. The van der Waals surface area contributed by atoms with Gasteiger partial charge < -0.3 is 9.84 Å². The summed E-state index contributed by atoms with van der Waals surface area (Å²) >= 11 is 7.86. The molecule has 1 atom stereocenters. The Labute approximate surface area is 158 Å². The molecule has 0 aliphatic heterocycles. The van der Waals surface area contributed by atoms with Crippen molar-refractivity contribution < 1.29 is 14.6 Å². The minimum Gasteiger partial charge on any atom is -0.486 e. The van der Waals surface area contributed by atoms with Crippen LogP contribution in [0.3, 0.4) is 0 Å². The lowest BCUT2D eigenvalue weighted by atomic mass is 10.1. The number of nitrogens with zero attached hydrogens (tertiary/aromatic N) is 2. The zero-order valence-corrected chi connectivity index (χ0v) is 15.1. The van der Waals surface area contributed by atoms with Crippen molar-refractivity contribution in [3.63, 3.8) is 0 Å². The molecule has 0 bridgehead atoms. The number of aryl methyl sites for hydroxylation is 1. The van der Waals surface area contributed by atoms with E-state index in [1.165, 1.54) is 11.3 Å². The summed E-state index contributed by atoms with van der Waals surface area (Å²) in [7, 11) is 0. The Morgan fingerprint density at radius 2 is 2.31 bits per heavy atom. The van der Waals surface area contributed by atoms with Gasteiger partial charge in [0, 0.05) is 21.3 Å². The summed E-state index contributed by atoms with van der Waals surface area (Å²) in [4.78, 5) is 15.3. The van der Waals surface area contributed by atoms with Crippen molar-refractivity contribution in [1.82, 2.24) is 4.98 Å². The van der Waals surface area contributed by atoms with E-state index in [0.29, 0.717) is 22.0 Å². The molecule has 130 valence electrons. The number of aromatic nitrogens is 1. The molecule has 0 unspecified atom stereocenters. The van der Waals surface area contributed by atoms with Crippen molar-refractivity contribution in [3.05, 3.63) is 57.2 Å². The van der Waals surface area contributed by atoms with Crippen molar-refractivity contribution in [3.8, 4) is 11.8 Å². The highest BCUT2D eigenvalue weighted by Gasteiger charge is 2.26. The number of carboxylic acids is 1. The number of rotatable bonds is 4. The lowest BCUT2D eigenvalue weighted by Crippen LogP contribution is -2.04. The molecule has 1 aliphatic rings. The van der Waals surface area contributed by atoms with E-state index in [-0.39, 0.29) is 12.5 Å². The highest BCUT2D eigenvalue weighted by molar-refractivity contribution is 7.17. The number of fused-ring (bicyclic) bond motifs is 2. The fraction of sp³-hybridized carbons (Fsp3) is 0.211. The van der Waals surface area contributed by atoms with Crippen LogP contribution in [-0.4, -0.2) is 16.1 Å². The predicted octanol–water partition coefficient (Wildman–Crippen LogP) is 4.51. The predicted molar refractivity (Wildman–Crippen MR) is 98.8 cm³/mol. The summed E-state index contributed by atoms with van der Waals surface area (Å²) < 4.78 is 7.04. The summed E-state index contributed by atoms with van der Waals surface area (Å²) in [5.74, 6) is -0.235. The van der Waals surface area contributed by atoms with Crippen LogP contribution in [0.4, 0.5) is 0 Å². The van der Waals surface area contributed by atoms with Gasteiger partial charge in [0.25, 0.3) is 0 Å². The number of pyridine rings is 1. The number of benzene rings is 1. The van der Waals surface area contributed by atoms with Gasteiger partial charge in [0.2, 0.25) is 0 Å². The van der Waals surface area contributed by atoms with Crippen LogP contribution in [0.2, 0.25) is 5.02 Å². The number of halogens is 1. The van der Waals surface area contributed by atoms with Crippen LogP contribution in [0.15, 0.2) is 29.6 Å². The second-order valence-corrected chi connectivity index (χ2v) is 7.42. The molecular formula is C19H13ClN2O3S. The fourth-order valence-electron chi connectivity index (χ4n) is 3.29. The van der Waals surface area contributed by atoms with E-state index in [4.69, 9.17) is 26.7 Å². The maximum atomic E-state index is 11.0. The Kier molecular flexibility index (Phi) is 4.27. The molecule has 3 aromatic rings. The van der Waals surface area contributed by atoms with Gasteiger partial charge in [-0.2, -0.15) is 5.26 Å². The van der Waals surface area contributed by atoms with E-state index in [9.17, 15) is 4.79 Å². The average molecular weight is 385 g/mol. The third-order valence-corrected chi connectivity index (χ3v) is 5.69. The summed E-state index contributed by atoms with van der Waals surface area (Å²) in [5, 5.41) is 21.1. The van der Waals surface area contributed by atoms with E-state index in [2.05, 4.69) is 11.1 Å². The lowest BCUT2D eigenvalue weighted by Gasteiger charge is -2.15. The number of carbonyl (C=O) groups is 1. The Morgan fingerprint density at radius 3 is 3.08 bits per heavy atom. The Bertz CT molecular complexity index is 1070. The van der Waals surface area contributed by atoms with Gasteiger partial charge in [-0.3, -0.25) is 4.79 Å². The van der Waals surface area contributed by atoms with Gasteiger partial charge in [-0.1, -0.05) is 17.7 Å². The van der Waals surface area contributed by atoms with E-state index in [1.54, 1.807) is 12.1 Å². The van der Waals surface area contributed by atoms with Crippen LogP contribution in [0, 0.1) is 11.3 Å². The van der Waals surface area contributed by atoms with Crippen molar-refractivity contribution in [2.75, 3.05) is 0 Å². The Morgan fingerprint density at radius 1 is 1.46 bits per heavy atom. The zero-order chi connectivity index (χ0) is 18.3. The Balaban J connectivity index is 1.64. The van der Waals surface area contributed by atoms with Crippen LogP contribution in [0.25, 0.3) is 10.1 Å². The largest absolute Gasteiger partial charge is 0.486 e. The van der Waals surface area contributed by atoms with Crippen LogP contribution in [0.5, 0.6) is 5.75 Å². The van der Waals surface area contributed by atoms with Crippen molar-refractivity contribution in [1.29, 1.82) is 5.26 Å². The molecule has 0 saturated carbocycles. The van der Waals surface area contributed by atoms with Gasteiger partial charge in [0.05, 0.1) is 11.4 Å². The van der Waals surface area contributed by atoms with Crippen molar-refractivity contribution >= 4 is 39.0 Å². The molecule has 0 amide bonds. The quantitative estimate of drug-likeness (QED) is 0.715. The molecule has 1 aromatic carbocycles. The fourth-order valence-corrected chi connectivity index (χ4v) is 4.69. The molecule has 2 aromatic heterocycles. The number of thiophene rings is 1. The first-order valence-electron chi connectivity index (χ1n) is 8.03. The normalized spacial score (nSPS) is 15.6. The molecule has 0 saturated heterocycles. The standard InChI is InChI=1S/C19H13ClN2O3S/c20-14-6-12(7-17-19(14)10(9-26-17)5-18(23)24)25-16-4-3-15-13(16)2-1-11(8-21)22-15/h1-2,6-7,9,16H,3-5H2,(H,23,24)/t16-/m1/s1. The van der Waals surface area contributed by atoms with Gasteiger partial charge in [0.15, 0.2) is 0 Å². The summed E-state index contributed by atoms with van der Waals surface area (Å²) in [6.07, 6.45) is 1.38. The maximum Gasteiger partial charge on any atom is 0.307 e. The number of nitriles is 1. The first-order valence-corrected chi connectivity index (χ1v) is 9.29. The molecule has 0 spiro atoms. The topological polar surface area (TPSA) is 83.2 Å². The average Bonchev–Trinajstić information content (AvgIpc) is 3.19. The summed E-state index contributed by atoms with van der Waals surface area (Å²) in [5.41, 5.74) is 3.03. The van der Waals surface area contributed by atoms with Crippen LogP contribution < -0.4 is 4.74 Å². The SMILES string of the molecule is N#Cc1ccc2c(n1)CC[C@H]2Oc1cc(Cl)c2c(CC(=O)O)csc2c1. The number of aliphatic carboxylic acids is 1. The van der Waals surface area contributed by atoms with Crippen LogP contribution in [0.1, 0.15) is 35.0 Å². The number of carboxylic acid groups (broad SMARTS) is 1. The minimum atomic E-state index is -0.882. The third kappa shape index (κ3) is 3.00. The highest BCUT2D eigenvalue weighted by atomic mass is 35.5. The molecule has 2 heterocycles. The molecule has 0 radical (unpaired) electrons. The molecular weight excluding hydrogens is 372 g/mol. The summed E-state index contributed by atoms with van der Waals surface area (Å²) in [6.45, 7) is 0. The van der Waals surface area contributed by atoms with Gasteiger partial charge in [-0.15, -0.1) is 11.3 Å². The zero-order valence-electron chi connectivity index (χ0n) is 13.5. The van der Waals surface area contributed by atoms with Crippen LogP contribution >= 0.6 is 22.9 Å². The highest BCUT2D eigenvalue weighted by Crippen LogP contribution is 2.39. The molecule has 26 heavy (non-hydrogen) atoms. The molecule has 0 fully saturated rings. The second kappa shape index (κ2) is 6.60. The van der Waals surface area contributed by atoms with Crippen molar-refractivity contribution in [2.24, 2.45) is 0 Å². The monoisotopic (exact) mass is 384 g/mol. The second-order valence-electron chi connectivity index (χ2n) is 6.10. The van der Waals surface area contributed by atoms with Crippen LogP contribution in [-0.2, 0) is 17.6 Å². The molecule has 1 N–H and O–H groups in total. The smallest absolute Gasteiger partial charge is 0.307 e. The molecule has 4 rings (SSSR count). The van der Waals surface area contributed by atoms with E-state index in [0.717, 1.165) is 34.2 Å². The number of hydrogen-bond acceptors (Lipinski definition) is 5. The first-order chi connectivity index (χ1) is 12.5. The molecule has 5 nitrogen and oxygen atoms in total. The third-order valence-electron chi connectivity index (χ3n) is 4.41. The lowest BCUT2D eigenvalue weighted by molar-refractivity contribution is -0.136. The summed E-state index contributed by atoms with van der Waals surface area (Å²) in [6, 6.07) is 9.28. The minimum absolute atomic E-state index is 0.0528. The van der Waals surface area contributed by atoms with Gasteiger partial charge in [-0.05, 0) is 42.0 Å². The van der Waals surface area contributed by atoms with E-state index >= 15 is 0 Å². The maximum absolute atomic E-state index is 11.0. The number of ether oxygens (including phenoxy) is 1. The Hall–Kier alpha value is -2.62. The van der Waals surface area contributed by atoms with Crippen molar-refractivity contribution in [2.45, 2.75) is 25.4 Å². The molecule has 7 heteroatoms. The van der Waals surface area contributed by atoms with Gasteiger partial charge >= 0.3 is 5.97 Å². The first kappa shape index (κ1) is 16.8.